The molecule has 154 valence electrons. The lowest BCUT2D eigenvalue weighted by atomic mass is 9.73. The number of rotatable bonds is 1. The minimum atomic E-state index is -1.19. The number of nitrogens with one attached hydrogen (secondary N) is 2. The molecule has 0 aromatic carbocycles. The van der Waals surface area contributed by atoms with Crippen molar-refractivity contribution < 1.29 is 9.90 Å². The van der Waals surface area contributed by atoms with Crippen LogP contribution >= 0.6 is 11.6 Å². The quantitative estimate of drug-likeness (QED) is 0.272. The summed E-state index contributed by atoms with van der Waals surface area (Å²) >= 11 is 6.94. The molecular weight excluding hydrogens is 398 g/mol. The predicted molar refractivity (Wildman–Crippen MR) is 105 cm³/mol. The number of fused-ring (bicyclic) bond motifs is 4. The number of aromatic nitrogens is 1. The summed E-state index contributed by atoms with van der Waals surface area (Å²) < 4.78 is 1.83. The van der Waals surface area contributed by atoms with E-state index >= 15 is 0 Å². The van der Waals surface area contributed by atoms with Crippen LogP contribution in [0.15, 0.2) is 28.3 Å². The molecule has 9 N–H and O–H groups in total. The molecular formula is C17H22ClN9O2. The molecule has 2 fully saturated rings. The van der Waals surface area contributed by atoms with Gasteiger partial charge in [-0.3, -0.25) is 4.79 Å². The highest BCUT2D eigenvalue weighted by molar-refractivity contribution is 6.22. The average molecular weight is 420 g/mol. The number of nitrogens with zero attached hydrogens (tertiary/aromatic N) is 4. The van der Waals surface area contributed by atoms with E-state index in [1.807, 2.05) is 16.8 Å². The molecule has 1 amide bonds. The SMILES string of the molecule is NC[C@@H]1[C@H]2CN3C(=O)c4cccn4[C@@H]4N=C(N)N[C@@]43[C@@H]2[C@]2(NC(N)=N[C@@H]2O)[C@H]1Cl. The van der Waals surface area contributed by atoms with Gasteiger partial charge in [-0.1, -0.05) is 0 Å². The number of aliphatic hydroxyl groups is 1. The van der Waals surface area contributed by atoms with Crippen molar-refractivity contribution in [3.05, 3.63) is 24.0 Å². The van der Waals surface area contributed by atoms with Gasteiger partial charge in [0.1, 0.15) is 11.2 Å². The molecule has 1 aromatic rings. The minimum Gasteiger partial charge on any atom is -0.370 e. The Balaban J connectivity index is 1.60. The Bertz CT molecular complexity index is 993. The second kappa shape index (κ2) is 5.15. The van der Waals surface area contributed by atoms with Crippen LogP contribution in [0.5, 0.6) is 0 Å². The van der Waals surface area contributed by atoms with Crippen LogP contribution in [0.3, 0.4) is 0 Å². The van der Waals surface area contributed by atoms with Crippen molar-refractivity contribution in [2.24, 2.45) is 44.9 Å². The van der Waals surface area contributed by atoms with Crippen LogP contribution in [0.2, 0.25) is 0 Å². The molecule has 1 aliphatic carbocycles. The molecule has 29 heavy (non-hydrogen) atoms. The third-order valence-electron chi connectivity index (χ3n) is 7.43. The number of aliphatic imine (C=N–C) groups is 2. The first-order chi connectivity index (χ1) is 13.9. The van der Waals surface area contributed by atoms with Gasteiger partial charge in [0, 0.05) is 18.7 Å². The van der Waals surface area contributed by atoms with E-state index in [0.717, 1.165) is 0 Å². The summed E-state index contributed by atoms with van der Waals surface area (Å²) in [5, 5.41) is 16.9. The van der Waals surface area contributed by atoms with Crippen LogP contribution in [0.4, 0.5) is 0 Å². The first-order valence-corrected chi connectivity index (χ1v) is 10.0. The Morgan fingerprint density at radius 3 is 2.76 bits per heavy atom. The van der Waals surface area contributed by atoms with Crippen LogP contribution in [0.25, 0.3) is 0 Å². The van der Waals surface area contributed by atoms with Crippen molar-refractivity contribution >= 4 is 29.4 Å². The van der Waals surface area contributed by atoms with Gasteiger partial charge in [0.15, 0.2) is 30.0 Å². The third-order valence-corrected chi connectivity index (χ3v) is 8.12. The standard InChI is InChI=1S/C17H22ClN9O2/c18-10-6(4-19)7-5-27-11(28)8-2-1-3-26(8)12-17(27,25-14(20)22-12)9(7)16(10)13(29)23-15(21)24-16/h1-3,6-7,9-10,12-13,29H,4-5,19H2,(H3,20,22,25)(H3,21,23,24)/t6-,7-,9+,10+,12+,13-,16+,17-/m1/s1. The normalized spacial score (nSPS) is 46.6. The van der Waals surface area contributed by atoms with Gasteiger partial charge in [0.25, 0.3) is 5.91 Å². The van der Waals surface area contributed by atoms with Gasteiger partial charge in [-0.2, -0.15) is 0 Å². The van der Waals surface area contributed by atoms with Crippen molar-refractivity contribution in [3.63, 3.8) is 0 Å². The van der Waals surface area contributed by atoms with Gasteiger partial charge in [0.05, 0.1) is 5.38 Å². The fourth-order valence-corrected chi connectivity index (χ4v) is 7.13. The molecule has 8 atom stereocenters. The molecule has 12 heteroatoms. The highest BCUT2D eigenvalue weighted by Gasteiger charge is 2.79. The van der Waals surface area contributed by atoms with Crippen molar-refractivity contribution in [2.45, 2.75) is 29.0 Å². The van der Waals surface area contributed by atoms with E-state index in [2.05, 4.69) is 20.6 Å². The van der Waals surface area contributed by atoms with E-state index in [0.29, 0.717) is 18.8 Å². The van der Waals surface area contributed by atoms with Gasteiger partial charge < -0.3 is 42.4 Å². The van der Waals surface area contributed by atoms with Gasteiger partial charge in [-0.25, -0.2) is 9.98 Å². The molecule has 0 radical (unpaired) electrons. The molecule has 11 nitrogen and oxygen atoms in total. The van der Waals surface area contributed by atoms with Crippen LogP contribution in [0, 0.1) is 17.8 Å². The number of carbonyl (C=O) groups is 1. The van der Waals surface area contributed by atoms with Gasteiger partial charge in [0.2, 0.25) is 0 Å². The van der Waals surface area contributed by atoms with Gasteiger partial charge in [-0.15, -0.1) is 11.6 Å². The summed E-state index contributed by atoms with van der Waals surface area (Å²) in [6.07, 6.45) is 0.125. The molecule has 0 bridgehead atoms. The molecule has 1 saturated carbocycles. The number of hydrogen-bond donors (Lipinski definition) is 6. The van der Waals surface area contributed by atoms with Gasteiger partial charge >= 0.3 is 0 Å². The molecule has 1 aromatic heterocycles. The zero-order valence-electron chi connectivity index (χ0n) is 15.4. The largest absolute Gasteiger partial charge is 0.370 e. The second-order valence-electron chi connectivity index (χ2n) is 8.44. The van der Waals surface area contributed by atoms with E-state index in [9.17, 15) is 9.90 Å². The number of alkyl halides is 1. The topological polar surface area (TPSA) is 172 Å². The number of hydrogen-bond acceptors (Lipinski definition) is 9. The maximum absolute atomic E-state index is 13.4. The number of halogens is 1. The maximum Gasteiger partial charge on any atom is 0.272 e. The Morgan fingerprint density at radius 2 is 2.07 bits per heavy atom. The molecule has 2 spiro atoms. The predicted octanol–water partition coefficient (Wildman–Crippen LogP) is -2.53. The zero-order valence-corrected chi connectivity index (χ0v) is 16.1. The summed E-state index contributed by atoms with van der Waals surface area (Å²) in [7, 11) is 0. The first-order valence-electron chi connectivity index (χ1n) is 9.60. The summed E-state index contributed by atoms with van der Waals surface area (Å²) in [5.41, 5.74) is 16.6. The number of nitrogens with two attached hydrogens (primary N) is 3. The first kappa shape index (κ1) is 17.4. The molecule has 0 unspecified atom stereocenters. The fourth-order valence-electron chi connectivity index (χ4n) is 6.54. The lowest BCUT2D eigenvalue weighted by Gasteiger charge is -2.51. The maximum atomic E-state index is 13.4. The fraction of sp³-hybridized carbons (Fsp3) is 0.588. The minimum absolute atomic E-state index is 0.101. The highest BCUT2D eigenvalue weighted by atomic mass is 35.5. The van der Waals surface area contributed by atoms with Crippen LogP contribution in [-0.4, -0.2) is 68.3 Å². The smallest absolute Gasteiger partial charge is 0.272 e. The number of guanidine groups is 2. The van der Waals surface area contributed by atoms with Crippen LogP contribution < -0.4 is 27.8 Å². The average Bonchev–Trinajstić information content (AvgIpc) is 3.42. The summed E-state index contributed by atoms with van der Waals surface area (Å²) in [6, 6.07) is 3.58. The van der Waals surface area contributed by atoms with Crippen molar-refractivity contribution in [2.75, 3.05) is 13.1 Å². The van der Waals surface area contributed by atoms with Crippen molar-refractivity contribution in [1.82, 2.24) is 20.1 Å². The molecule has 5 heterocycles. The Kier molecular flexibility index (Phi) is 3.09. The zero-order chi connectivity index (χ0) is 20.3. The lowest BCUT2D eigenvalue weighted by molar-refractivity contribution is -0.0269. The molecule has 5 aliphatic rings. The number of amides is 1. The highest BCUT2D eigenvalue weighted by Crippen LogP contribution is 2.63. The van der Waals surface area contributed by atoms with Crippen molar-refractivity contribution in [3.8, 4) is 0 Å². The van der Waals surface area contributed by atoms with Crippen LogP contribution in [0.1, 0.15) is 16.7 Å². The van der Waals surface area contributed by atoms with Crippen molar-refractivity contribution in [1.29, 1.82) is 0 Å². The van der Waals surface area contributed by atoms with E-state index in [1.54, 1.807) is 11.0 Å². The molecule has 4 aliphatic heterocycles. The van der Waals surface area contributed by atoms with E-state index in [4.69, 9.17) is 28.8 Å². The third kappa shape index (κ3) is 1.68. The monoisotopic (exact) mass is 419 g/mol. The van der Waals surface area contributed by atoms with E-state index in [1.165, 1.54) is 0 Å². The Hall–Kier alpha value is -2.50. The Labute approximate surface area is 170 Å². The van der Waals surface area contributed by atoms with Gasteiger partial charge in [-0.05, 0) is 30.5 Å². The van der Waals surface area contributed by atoms with E-state index in [-0.39, 0.29) is 35.6 Å². The Morgan fingerprint density at radius 1 is 1.31 bits per heavy atom. The summed E-state index contributed by atoms with van der Waals surface area (Å²) in [4.78, 5) is 24.0. The number of aliphatic hydroxyl groups excluding tert-OH is 1. The van der Waals surface area contributed by atoms with E-state index < -0.39 is 29.0 Å². The second-order valence-corrected chi connectivity index (χ2v) is 8.91. The number of carbonyl (C=O) groups excluding carboxylic acids is 1. The lowest BCUT2D eigenvalue weighted by Crippen LogP contribution is -2.74. The molecule has 6 rings (SSSR count). The summed E-state index contributed by atoms with van der Waals surface area (Å²) in [6.45, 7) is 0.721. The summed E-state index contributed by atoms with van der Waals surface area (Å²) in [5.74, 6) is -0.441. The molecule has 1 saturated heterocycles. The van der Waals surface area contributed by atoms with Crippen LogP contribution in [-0.2, 0) is 0 Å².